The van der Waals surface area contributed by atoms with Crippen molar-refractivity contribution in [3.05, 3.63) is 53.1 Å². The van der Waals surface area contributed by atoms with Crippen LogP contribution in [0.3, 0.4) is 0 Å². The molecular weight excluding hydrogens is 286 g/mol. The summed E-state index contributed by atoms with van der Waals surface area (Å²) in [5, 5.41) is 4.18. The predicted octanol–water partition coefficient (Wildman–Crippen LogP) is 4.53. The van der Waals surface area contributed by atoms with Crippen LogP contribution in [-0.4, -0.2) is 13.7 Å². The van der Waals surface area contributed by atoms with Crippen molar-refractivity contribution in [2.24, 2.45) is 5.92 Å². The van der Waals surface area contributed by atoms with Crippen LogP contribution < -0.4 is 14.8 Å². The summed E-state index contributed by atoms with van der Waals surface area (Å²) >= 11 is 6.08. The van der Waals surface area contributed by atoms with Gasteiger partial charge in [-0.05, 0) is 18.2 Å². The molecule has 110 valence electrons. The first-order chi connectivity index (χ1) is 10.2. The Morgan fingerprint density at radius 3 is 2.86 bits per heavy atom. The first-order valence-corrected chi connectivity index (χ1v) is 7.38. The molecule has 3 rings (SSSR count). The van der Waals surface area contributed by atoms with Crippen LogP contribution in [0.2, 0.25) is 5.02 Å². The molecule has 3 nitrogen and oxygen atoms in total. The van der Waals surface area contributed by atoms with E-state index in [1.54, 1.807) is 7.11 Å². The number of anilines is 1. The van der Waals surface area contributed by atoms with Crippen molar-refractivity contribution in [3.8, 4) is 11.5 Å². The van der Waals surface area contributed by atoms with Crippen LogP contribution >= 0.6 is 11.6 Å². The molecule has 2 aromatic rings. The largest absolute Gasteiger partial charge is 0.495 e. The van der Waals surface area contributed by atoms with Crippen LogP contribution in [0.1, 0.15) is 18.5 Å². The fraction of sp³-hybridized carbons (Fsp3) is 0.294. The topological polar surface area (TPSA) is 30.5 Å². The number of ether oxygens (including phenoxy) is 2. The third-order valence-corrected chi connectivity index (χ3v) is 4.11. The van der Waals surface area contributed by atoms with E-state index in [2.05, 4.69) is 18.3 Å². The number of rotatable bonds is 3. The maximum atomic E-state index is 6.08. The lowest BCUT2D eigenvalue weighted by Crippen LogP contribution is -2.28. The van der Waals surface area contributed by atoms with Gasteiger partial charge in [0.15, 0.2) is 0 Å². The molecule has 0 bridgehead atoms. The summed E-state index contributed by atoms with van der Waals surface area (Å²) in [6.07, 6.45) is 0. The Hall–Kier alpha value is -1.87. The quantitative estimate of drug-likeness (QED) is 0.903. The average Bonchev–Trinajstić information content (AvgIpc) is 2.52. The Balaban J connectivity index is 1.90. The van der Waals surface area contributed by atoms with Crippen molar-refractivity contribution in [2.75, 3.05) is 19.0 Å². The molecule has 2 aromatic carbocycles. The summed E-state index contributed by atoms with van der Waals surface area (Å²) in [6.45, 7) is 2.89. The van der Waals surface area contributed by atoms with E-state index < -0.39 is 0 Å². The van der Waals surface area contributed by atoms with E-state index in [1.807, 2.05) is 36.4 Å². The van der Waals surface area contributed by atoms with E-state index in [0.717, 1.165) is 11.4 Å². The van der Waals surface area contributed by atoms with Gasteiger partial charge in [0, 0.05) is 23.2 Å². The van der Waals surface area contributed by atoms with Crippen LogP contribution in [0.4, 0.5) is 5.69 Å². The molecule has 2 atom stereocenters. The van der Waals surface area contributed by atoms with E-state index in [-0.39, 0.29) is 6.04 Å². The van der Waals surface area contributed by atoms with Gasteiger partial charge < -0.3 is 14.8 Å². The smallest absolute Gasteiger partial charge is 0.139 e. The van der Waals surface area contributed by atoms with Gasteiger partial charge in [-0.1, -0.05) is 36.7 Å². The minimum absolute atomic E-state index is 0.209. The first-order valence-electron chi connectivity index (χ1n) is 7.01. The van der Waals surface area contributed by atoms with Crippen molar-refractivity contribution in [3.63, 3.8) is 0 Å². The maximum Gasteiger partial charge on any atom is 0.139 e. The fourth-order valence-corrected chi connectivity index (χ4v) is 2.84. The lowest BCUT2D eigenvalue weighted by Gasteiger charge is -2.32. The summed E-state index contributed by atoms with van der Waals surface area (Å²) in [5.74, 6) is 2.00. The summed E-state index contributed by atoms with van der Waals surface area (Å²) < 4.78 is 11.1. The zero-order valence-corrected chi connectivity index (χ0v) is 12.9. The predicted molar refractivity (Wildman–Crippen MR) is 85.5 cm³/mol. The Labute approximate surface area is 129 Å². The molecule has 0 spiro atoms. The second-order valence-corrected chi connectivity index (χ2v) is 5.70. The van der Waals surface area contributed by atoms with E-state index in [1.165, 1.54) is 5.56 Å². The van der Waals surface area contributed by atoms with Crippen LogP contribution in [0.15, 0.2) is 42.5 Å². The number of halogens is 1. The Bertz CT molecular complexity index is 644. The van der Waals surface area contributed by atoms with Crippen molar-refractivity contribution in [1.82, 2.24) is 0 Å². The number of para-hydroxylation sites is 1. The highest BCUT2D eigenvalue weighted by Crippen LogP contribution is 2.38. The maximum absolute atomic E-state index is 6.08. The molecule has 1 aliphatic rings. The number of benzene rings is 2. The SMILES string of the molecule is COc1cc(NC2c3ccccc3OCC2C)ccc1Cl. The molecule has 2 unspecified atom stereocenters. The molecule has 4 heteroatoms. The molecule has 1 aliphatic heterocycles. The van der Waals surface area contributed by atoms with Crippen molar-refractivity contribution < 1.29 is 9.47 Å². The molecule has 0 radical (unpaired) electrons. The van der Waals surface area contributed by atoms with Gasteiger partial charge in [-0.25, -0.2) is 0 Å². The Morgan fingerprint density at radius 2 is 2.05 bits per heavy atom. The lowest BCUT2D eigenvalue weighted by atomic mass is 9.92. The van der Waals surface area contributed by atoms with Gasteiger partial charge in [-0.3, -0.25) is 0 Å². The molecular formula is C17H18ClNO2. The van der Waals surface area contributed by atoms with Gasteiger partial charge in [0.1, 0.15) is 11.5 Å². The van der Waals surface area contributed by atoms with Gasteiger partial charge in [-0.2, -0.15) is 0 Å². The van der Waals surface area contributed by atoms with Crippen LogP contribution in [0, 0.1) is 5.92 Å². The minimum Gasteiger partial charge on any atom is -0.495 e. The van der Waals surface area contributed by atoms with Crippen molar-refractivity contribution >= 4 is 17.3 Å². The number of fused-ring (bicyclic) bond motifs is 1. The van der Waals surface area contributed by atoms with E-state index in [0.29, 0.717) is 23.3 Å². The van der Waals surface area contributed by atoms with Gasteiger partial charge in [0.2, 0.25) is 0 Å². The van der Waals surface area contributed by atoms with Crippen molar-refractivity contribution in [1.29, 1.82) is 0 Å². The Morgan fingerprint density at radius 1 is 1.24 bits per heavy atom. The zero-order chi connectivity index (χ0) is 14.8. The summed E-state index contributed by atoms with van der Waals surface area (Å²) in [6, 6.07) is 14.1. The van der Waals surface area contributed by atoms with Crippen molar-refractivity contribution in [2.45, 2.75) is 13.0 Å². The molecule has 0 aromatic heterocycles. The molecule has 1 N–H and O–H groups in total. The highest BCUT2D eigenvalue weighted by molar-refractivity contribution is 6.32. The number of nitrogens with one attached hydrogen (secondary N) is 1. The van der Waals surface area contributed by atoms with E-state index >= 15 is 0 Å². The van der Waals surface area contributed by atoms with E-state index in [9.17, 15) is 0 Å². The molecule has 0 saturated carbocycles. The summed E-state index contributed by atoms with van der Waals surface area (Å²) in [5.41, 5.74) is 2.18. The zero-order valence-electron chi connectivity index (χ0n) is 12.1. The third kappa shape index (κ3) is 2.79. The molecule has 0 amide bonds. The number of hydrogen-bond acceptors (Lipinski definition) is 3. The highest BCUT2D eigenvalue weighted by atomic mass is 35.5. The molecule has 0 fully saturated rings. The van der Waals surface area contributed by atoms with Crippen LogP contribution in [0.5, 0.6) is 11.5 Å². The molecule has 21 heavy (non-hydrogen) atoms. The Kier molecular flexibility index (Phi) is 3.93. The monoisotopic (exact) mass is 303 g/mol. The number of methoxy groups -OCH3 is 1. The van der Waals surface area contributed by atoms with Crippen LogP contribution in [-0.2, 0) is 0 Å². The van der Waals surface area contributed by atoms with Crippen LogP contribution in [0.25, 0.3) is 0 Å². The van der Waals surface area contributed by atoms with Gasteiger partial charge in [0.05, 0.1) is 24.8 Å². The summed E-state index contributed by atoms with van der Waals surface area (Å²) in [7, 11) is 1.62. The van der Waals surface area contributed by atoms with Gasteiger partial charge in [0.25, 0.3) is 0 Å². The molecule has 1 heterocycles. The fourth-order valence-electron chi connectivity index (χ4n) is 2.64. The van der Waals surface area contributed by atoms with E-state index in [4.69, 9.17) is 21.1 Å². The van der Waals surface area contributed by atoms with Gasteiger partial charge in [-0.15, -0.1) is 0 Å². The molecule has 0 aliphatic carbocycles. The first kappa shape index (κ1) is 14.1. The summed E-state index contributed by atoms with van der Waals surface area (Å²) in [4.78, 5) is 0. The average molecular weight is 304 g/mol. The molecule has 0 saturated heterocycles. The highest BCUT2D eigenvalue weighted by Gasteiger charge is 2.27. The minimum atomic E-state index is 0.209. The third-order valence-electron chi connectivity index (χ3n) is 3.80. The standard InChI is InChI=1S/C17H18ClNO2/c1-11-10-21-15-6-4-3-5-13(15)17(11)19-12-7-8-14(18)16(9-12)20-2/h3-9,11,17,19H,10H2,1-2H3. The second kappa shape index (κ2) is 5.86. The second-order valence-electron chi connectivity index (χ2n) is 5.30. The normalized spacial score (nSPS) is 20.3. The van der Waals surface area contributed by atoms with Gasteiger partial charge >= 0.3 is 0 Å². The lowest BCUT2D eigenvalue weighted by molar-refractivity contribution is 0.214. The number of hydrogen-bond donors (Lipinski definition) is 1.